The molecule has 0 aliphatic rings. The first kappa shape index (κ1) is 11.0. The second-order valence-corrected chi connectivity index (χ2v) is 3.32. The van der Waals surface area contributed by atoms with Crippen molar-refractivity contribution in [3.8, 4) is 0 Å². The molecule has 0 saturated heterocycles. The fourth-order valence-electron chi connectivity index (χ4n) is 0.856. The number of aliphatic hydroxyl groups is 1. The van der Waals surface area contributed by atoms with Gasteiger partial charge in [0.1, 0.15) is 0 Å². The third-order valence-electron chi connectivity index (χ3n) is 1.54. The normalized spacial score (nSPS) is 13.7. The van der Waals surface area contributed by atoms with Gasteiger partial charge in [0.05, 0.1) is 5.76 Å². The molecule has 0 fully saturated rings. The van der Waals surface area contributed by atoms with Crippen molar-refractivity contribution in [1.82, 2.24) is 0 Å². The molecule has 0 aliphatic carbocycles. The minimum absolute atomic E-state index is 0.475. The van der Waals surface area contributed by atoms with E-state index in [9.17, 15) is 5.11 Å². The van der Waals surface area contributed by atoms with Gasteiger partial charge in [0, 0.05) is 6.42 Å². The van der Waals surface area contributed by atoms with Crippen LogP contribution in [-0.4, -0.2) is 5.11 Å². The van der Waals surface area contributed by atoms with Crippen LogP contribution >= 0.6 is 0 Å². The van der Waals surface area contributed by atoms with Crippen LogP contribution in [0.1, 0.15) is 27.2 Å². The van der Waals surface area contributed by atoms with Gasteiger partial charge >= 0.3 is 0 Å². The van der Waals surface area contributed by atoms with Gasteiger partial charge in [-0.1, -0.05) is 38.7 Å². The van der Waals surface area contributed by atoms with Crippen LogP contribution in [0.5, 0.6) is 0 Å². The van der Waals surface area contributed by atoms with Crippen molar-refractivity contribution >= 4 is 0 Å². The van der Waals surface area contributed by atoms with Gasteiger partial charge in [-0.05, 0) is 18.4 Å². The summed E-state index contributed by atoms with van der Waals surface area (Å²) in [6.45, 7) is 9.63. The Hall–Kier alpha value is -0.980. The molecule has 68 valence electrons. The first-order chi connectivity index (χ1) is 5.57. The van der Waals surface area contributed by atoms with Crippen molar-refractivity contribution in [2.24, 2.45) is 5.92 Å². The van der Waals surface area contributed by atoms with E-state index >= 15 is 0 Å². The molecule has 1 nitrogen and oxygen atoms in total. The maximum absolute atomic E-state index is 9.51. The first-order valence-electron chi connectivity index (χ1n) is 4.25. The summed E-state index contributed by atoms with van der Waals surface area (Å²) in [6, 6.07) is 0. The molecule has 0 heterocycles. The lowest BCUT2D eigenvalue weighted by molar-refractivity contribution is 0.360. The zero-order valence-electron chi connectivity index (χ0n) is 8.17. The van der Waals surface area contributed by atoms with E-state index in [2.05, 4.69) is 20.4 Å². The molecular formula is C11H18O. The minimum Gasteiger partial charge on any atom is -0.512 e. The van der Waals surface area contributed by atoms with E-state index in [0.29, 0.717) is 11.7 Å². The second kappa shape index (κ2) is 5.64. The average molecular weight is 166 g/mol. The summed E-state index contributed by atoms with van der Waals surface area (Å²) in [5, 5.41) is 9.51. The van der Waals surface area contributed by atoms with Gasteiger partial charge in [-0.15, -0.1) is 0 Å². The van der Waals surface area contributed by atoms with Gasteiger partial charge in [0.25, 0.3) is 0 Å². The van der Waals surface area contributed by atoms with E-state index in [1.807, 2.05) is 19.1 Å². The van der Waals surface area contributed by atoms with Crippen LogP contribution in [0.2, 0.25) is 0 Å². The summed E-state index contributed by atoms with van der Waals surface area (Å²) < 4.78 is 0. The summed E-state index contributed by atoms with van der Waals surface area (Å²) in [4.78, 5) is 0. The number of hydrogen-bond donors (Lipinski definition) is 1. The molecule has 0 unspecified atom stereocenters. The summed E-state index contributed by atoms with van der Waals surface area (Å²) in [5.74, 6) is 0.972. The molecule has 0 aromatic rings. The standard InChI is InChI=1S/C11H18O/c1-5-6-7-10(4)11(12)8-9(2)3/h5-7,9,12H,1,8H2,2-4H3/b7-6-,11-10+. The highest BCUT2D eigenvalue weighted by Gasteiger charge is 2.00. The number of aliphatic hydroxyl groups excluding tert-OH is 1. The first-order valence-corrected chi connectivity index (χ1v) is 4.25. The van der Waals surface area contributed by atoms with E-state index < -0.39 is 0 Å². The summed E-state index contributed by atoms with van der Waals surface area (Å²) in [6.07, 6.45) is 6.13. The Morgan fingerprint density at radius 2 is 2.08 bits per heavy atom. The summed E-state index contributed by atoms with van der Waals surface area (Å²) in [5.41, 5.74) is 0.920. The van der Waals surface area contributed by atoms with Crippen LogP contribution in [0.3, 0.4) is 0 Å². The highest BCUT2D eigenvalue weighted by molar-refractivity contribution is 5.22. The Bertz CT molecular complexity index is 197. The van der Waals surface area contributed by atoms with E-state index in [4.69, 9.17) is 0 Å². The van der Waals surface area contributed by atoms with Crippen molar-refractivity contribution < 1.29 is 5.11 Å². The summed E-state index contributed by atoms with van der Waals surface area (Å²) in [7, 11) is 0. The molecule has 0 aliphatic heterocycles. The monoisotopic (exact) mass is 166 g/mol. The Labute approximate surface area is 75.1 Å². The van der Waals surface area contributed by atoms with Crippen molar-refractivity contribution in [2.45, 2.75) is 27.2 Å². The van der Waals surface area contributed by atoms with Gasteiger partial charge in [-0.25, -0.2) is 0 Å². The fourth-order valence-corrected chi connectivity index (χ4v) is 0.856. The van der Waals surface area contributed by atoms with Crippen molar-refractivity contribution in [2.75, 3.05) is 0 Å². The van der Waals surface area contributed by atoms with Crippen molar-refractivity contribution in [1.29, 1.82) is 0 Å². The van der Waals surface area contributed by atoms with Crippen LogP contribution in [-0.2, 0) is 0 Å². The minimum atomic E-state index is 0.475. The number of hydrogen-bond acceptors (Lipinski definition) is 1. The molecule has 1 N–H and O–H groups in total. The summed E-state index contributed by atoms with van der Waals surface area (Å²) >= 11 is 0. The van der Waals surface area contributed by atoms with E-state index in [0.717, 1.165) is 12.0 Å². The van der Waals surface area contributed by atoms with E-state index in [1.165, 1.54) is 0 Å². The molecule has 0 aromatic heterocycles. The highest BCUT2D eigenvalue weighted by atomic mass is 16.3. The Kier molecular flexibility index (Phi) is 5.18. The van der Waals surface area contributed by atoms with Gasteiger partial charge in [0.15, 0.2) is 0 Å². The van der Waals surface area contributed by atoms with Gasteiger partial charge < -0.3 is 5.11 Å². The molecule has 0 aromatic carbocycles. The molecule has 12 heavy (non-hydrogen) atoms. The topological polar surface area (TPSA) is 20.2 Å². The molecule has 0 saturated carbocycles. The highest BCUT2D eigenvalue weighted by Crippen LogP contribution is 2.12. The molecule has 0 bridgehead atoms. The zero-order chi connectivity index (χ0) is 9.56. The fraction of sp³-hybridized carbons (Fsp3) is 0.455. The molecule has 0 radical (unpaired) electrons. The predicted molar refractivity (Wildman–Crippen MR) is 54.1 cm³/mol. The molecule has 1 heteroatoms. The van der Waals surface area contributed by atoms with Crippen LogP contribution in [0.4, 0.5) is 0 Å². The quantitative estimate of drug-likeness (QED) is 0.499. The molecule has 0 rings (SSSR count). The van der Waals surface area contributed by atoms with Gasteiger partial charge in [-0.2, -0.15) is 0 Å². The van der Waals surface area contributed by atoms with Crippen LogP contribution in [0.15, 0.2) is 36.1 Å². The van der Waals surface area contributed by atoms with E-state index in [1.54, 1.807) is 6.08 Å². The number of rotatable bonds is 4. The largest absolute Gasteiger partial charge is 0.512 e. The lowest BCUT2D eigenvalue weighted by atomic mass is 10.1. The molecular weight excluding hydrogens is 148 g/mol. The lowest BCUT2D eigenvalue weighted by Crippen LogP contribution is -1.92. The Balaban J connectivity index is 4.25. The number of allylic oxidation sites excluding steroid dienone is 5. The van der Waals surface area contributed by atoms with Crippen LogP contribution in [0, 0.1) is 5.92 Å². The van der Waals surface area contributed by atoms with Gasteiger partial charge in [0.2, 0.25) is 0 Å². The van der Waals surface area contributed by atoms with E-state index in [-0.39, 0.29) is 0 Å². The van der Waals surface area contributed by atoms with Gasteiger partial charge in [-0.3, -0.25) is 0 Å². The smallest absolute Gasteiger partial charge is 0.0954 e. The second-order valence-electron chi connectivity index (χ2n) is 3.32. The molecule has 0 spiro atoms. The Morgan fingerprint density at radius 3 is 2.50 bits per heavy atom. The maximum Gasteiger partial charge on any atom is 0.0954 e. The van der Waals surface area contributed by atoms with Crippen molar-refractivity contribution in [3.05, 3.63) is 36.1 Å². The third kappa shape index (κ3) is 4.78. The zero-order valence-corrected chi connectivity index (χ0v) is 8.17. The molecule has 0 atom stereocenters. The lowest BCUT2D eigenvalue weighted by Gasteiger charge is -2.05. The SMILES string of the molecule is C=C/C=C\C(C)=C(\O)CC(C)C. The van der Waals surface area contributed by atoms with Crippen molar-refractivity contribution in [3.63, 3.8) is 0 Å². The Morgan fingerprint density at radius 1 is 1.50 bits per heavy atom. The average Bonchev–Trinajstić information content (AvgIpc) is 1.98. The predicted octanol–water partition coefficient (Wildman–Crippen LogP) is 3.61. The van der Waals surface area contributed by atoms with Crippen LogP contribution in [0.25, 0.3) is 0 Å². The maximum atomic E-state index is 9.51. The third-order valence-corrected chi connectivity index (χ3v) is 1.54. The molecule has 0 amide bonds. The van der Waals surface area contributed by atoms with Crippen LogP contribution < -0.4 is 0 Å².